The van der Waals surface area contributed by atoms with E-state index in [9.17, 15) is 10.2 Å². The number of phenolic OH excluding ortho intramolecular Hbond substituents is 2. The van der Waals surface area contributed by atoms with Crippen LogP contribution in [-0.4, -0.2) is 48.9 Å². The second-order valence-electron chi connectivity index (χ2n) is 5.50. The van der Waals surface area contributed by atoms with E-state index in [4.69, 9.17) is 22.3 Å². The van der Waals surface area contributed by atoms with E-state index in [0.717, 1.165) is 0 Å². The van der Waals surface area contributed by atoms with Crippen molar-refractivity contribution in [3.63, 3.8) is 0 Å². The lowest BCUT2D eigenvalue weighted by Crippen LogP contribution is -1.95. The maximum atomic E-state index is 9.95. The Kier molecular flexibility index (Phi) is 7.98. The molecule has 0 unspecified atom stereocenters. The zero-order valence-electron chi connectivity index (χ0n) is 15.2. The molecule has 0 atom stereocenters. The Labute approximate surface area is 164 Å². The highest BCUT2D eigenvalue weighted by Crippen LogP contribution is 2.23. The van der Waals surface area contributed by atoms with Gasteiger partial charge < -0.3 is 19.7 Å². The summed E-state index contributed by atoms with van der Waals surface area (Å²) in [7, 11) is 0. The molecule has 28 heavy (non-hydrogen) atoms. The number of aliphatic imine (C=N–C) groups is 2. The van der Waals surface area contributed by atoms with Crippen LogP contribution in [0.1, 0.15) is 11.1 Å². The van der Waals surface area contributed by atoms with Crippen LogP contribution in [0.5, 0.6) is 23.0 Å². The quantitative estimate of drug-likeness (QED) is 0.400. The van der Waals surface area contributed by atoms with E-state index >= 15 is 0 Å². The molecular formula is C22H20N2O4. The van der Waals surface area contributed by atoms with Gasteiger partial charge in [0, 0.05) is 35.7 Å². The number of phenols is 2. The van der Waals surface area contributed by atoms with Gasteiger partial charge in [0.2, 0.25) is 0 Å². The number of rotatable bonds is 9. The van der Waals surface area contributed by atoms with Crippen LogP contribution in [0.2, 0.25) is 0 Å². The largest absolute Gasteiger partial charge is 0.507 e. The SMILES string of the molecule is C#CCOc1ccc(C=NCCN=Cc2ccc(OCC#C)cc2O)c(O)c1. The van der Waals surface area contributed by atoms with Gasteiger partial charge >= 0.3 is 0 Å². The van der Waals surface area contributed by atoms with Crippen LogP contribution >= 0.6 is 0 Å². The Hall–Kier alpha value is -3.90. The number of hydrogen-bond donors (Lipinski definition) is 2. The summed E-state index contributed by atoms with van der Waals surface area (Å²) in [6.07, 6.45) is 13.4. The molecule has 2 N–H and O–H groups in total. The van der Waals surface area contributed by atoms with E-state index in [-0.39, 0.29) is 24.7 Å². The van der Waals surface area contributed by atoms with Gasteiger partial charge in [0.1, 0.15) is 36.2 Å². The lowest BCUT2D eigenvalue weighted by Gasteiger charge is -2.04. The molecule has 0 bridgehead atoms. The van der Waals surface area contributed by atoms with Crippen LogP contribution in [-0.2, 0) is 0 Å². The first-order valence-corrected chi connectivity index (χ1v) is 8.42. The van der Waals surface area contributed by atoms with E-state index in [1.807, 2.05) is 0 Å². The normalized spacial score (nSPS) is 10.6. The lowest BCUT2D eigenvalue weighted by atomic mass is 10.2. The summed E-state index contributed by atoms with van der Waals surface area (Å²) in [5.41, 5.74) is 1.13. The maximum absolute atomic E-state index is 9.95. The highest BCUT2D eigenvalue weighted by molar-refractivity contribution is 5.84. The predicted molar refractivity (Wildman–Crippen MR) is 110 cm³/mol. The van der Waals surface area contributed by atoms with Crippen molar-refractivity contribution in [3.8, 4) is 47.7 Å². The average molecular weight is 376 g/mol. The topological polar surface area (TPSA) is 83.6 Å². The fourth-order valence-corrected chi connectivity index (χ4v) is 2.14. The van der Waals surface area contributed by atoms with Crippen LogP contribution in [0.25, 0.3) is 0 Å². The number of terminal acetylenes is 2. The van der Waals surface area contributed by atoms with Crippen LogP contribution in [0.15, 0.2) is 46.4 Å². The van der Waals surface area contributed by atoms with Crippen molar-refractivity contribution >= 4 is 12.4 Å². The summed E-state index contributed by atoms with van der Waals surface area (Å²) < 4.78 is 10.5. The number of ether oxygens (including phenoxy) is 2. The highest BCUT2D eigenvalue weighted by atomic mass is 16.5. The molecule has 0 spiro atoms. The molecule has 0 radical (unpaired) electrons. The number of benzene rings is 2. The third kappa shape index (κ3) is 6.44. The summed E-state index contributed by atoms with van der Waals surface area (Å²) in [5, 5.41) is 19.9. The van der Waals surface area contributed by atoms with E-state index in [2.05, 4.69) is 21.8 Å². The minimum Gasteiger partial charge on any atom is -0.507 e. The first-order valence-electron chi connectivity index (χ1n) is 8.42. The van der Waals surface area contributed by atoms with Gasteiger partial charge in [0.05, 0.1) is 13.1 Å². The summed E-state index contributed by atoms with van der Waals surface area (Å²) in [6, 6.07) is 9.76. The molecule has 0 saturated heterocycles. The second kappa shape index (κ2) is 10.9. The molecule has 0 heterocycles. The van der Waals surface area contributed by atoms with E-state index in [0.29, 0.717) is 35.7 Å². The zero-order valence-corrected chi connectivity index (χ0v) is 15.2. The summed E-state index contributed by atoms with van der Waals surface area (Å²) in [6.45, 7) is 1.13. The van der Waals surface area contributed by atoms with Crippen molar-refractivity contribution in [3.05, 3.63) is 47.5 Å². The molecule has 0 aliphatic rings. The fraction of sp³-hybridized carbons (Fsp3) is 0.182. The van der Waals surface area contributed by atoms with Gasteiger partial charge in [0.15, 0.2) is 0 Å². The molecule has 0 fully saturated rings. The van der Waals surface area contributed by atoms with Gasteiger partial charge in [-0.3, -0.25) is 9.98 Å². The summed E-state index contributed by atoms with van der Waals surface area (Å²) in [5.74, 6) is 5.81. The van der Waals surface area contributed by atoms with Crippen molar-refractivity contribution in [1.82, 2.24) is 0 Å². The van der Waals surface area contributed by atoms with Gasteiger partial charge in [-0.15, -0.1) is 12.8 Å². The second-order valence-corrected chi connectivity index (χ2v) is 5.50. The fourth-order valence-electron chi connectivity index (χ4n) is 2.14. The first-order chi connectivity index (χ1) is 13.6. The number of nitrogens with zero attached hydrogens (tertiary/aromatic N) is 2. The minimum absolute atomic E-state index is 0.0545. The third-order valence-corrected chi connectivity index (χ3v) is 3.47. The molecule has 0 saturated carbocycles. The van der Waals surface area contributed by atoms with Crippen molar-refractivity contribution in [2.75, 3.05) is 26.3 Å². The molecule has 2 aromatic carbocycles. The molecule has 0 aliphatic carbocycles. The zero-order chi connectivity index (χ0) is 20.2. The highest BCUT2D eigenvalue weighted by Gasteiger charge is 2.02. The Bertz CT molecular complexity index is 859. The Morgan fingerprint density at radius 3 is 1.57 bits per heavy atom. The smallest absolute Gasteiger partial charge is 0.148 e. The van der Waals surface area contributed by atoms with Crippen LogP contribution in [0.4, 0.5) is 0 Å². The van der Waals surface area contributed by atoms with Crippen molar-refractivity contribution in [2.45, 2.75) is 0 Å². The van der Waals surface area contributed by atoms with E-state index in [1.165, 1.54) is 12.1 Å². The van der Waals surface area contributed by atoms with Crippen molar-refractivity contribution in [1.29, 1.82) is 0 Å². The summed E-state index contributed by atoms with van der Waals surface area (Å²) in [4.78, 5) is 8.45. The minimum atomic E-state index is 0.0545. The Balaban J connectivity index is 1.84. The number of aromatic hydroxyl groups is 2. The molecule has 0 aromatic heterocycles. The van der Waals surface area contributed by atoms with E-state index < -0.39 is 0 Å². The van der Waals surface area contributed by atoms with Gasteiger partial charge in [-0.25, -0.2) is 0 Å². The molecule has 2 rings (SSSR count). The van der Waals surface area contributed by atoms with Gasteiger partial charge in [-0.05, 0) is 24.3 Å². The van der Waals surface area contributed by atoms with Gasteiger partial charge in [-0.2, -0.15) is 0 Å². The van der Waals surface area contributed by atoms with E-state index in [1.54, 1.807) is 36.7 Å². The molecule has 6 nitrogen and oxygen atoms in total. The van der Waals surface area contributed by atoms with Gasteiger partial charge in [0.25, 0.3) is 0 Å². The first kappa shape index (κ1) is 20.4. The average Bonchev–Trinajstić information content (AvgIpc) is 2.69. The molecule has 2 aromatic rings. The Morgan fingerprint density at radius 2 is 1.21 bits per heavy atom. The molecule has 142 valence electrons. The Morgan fingerprint density at radius 1 is 0.786 bits per heavy atom. The predicted octanol–water partition coefficient (Wildman–Crippen LogP) is 2.66. The standard InChI is InChI=1S/C22H20N2O4/c1-3-11-27-19-7-5-17(21(25)13-19)15-23-9-10-24-16-18-6-8-20(14-22(18)26)28-12-4-2/h1-2,5-8,13-16,25-26H,9-12H2. The third-order valence-electron chi connectivity index (χ3n) is 3.47. The van der Waals surface area contributed by atoms with Gasteiger partial charge in [-0.1, -0.05) is 11.8 Å². The lowest BCUT2D eigenvalue weighted by molar-refractivity contribution is 0.366. The molecule has 6 heteroatoms. The van der Waals surface area contributed by atoms with Crippen LogP contribution in [0.3, 0.4) is 0 Å². The van der Waals surface area contributed by atoms with Crippen LogP contribution < -0.4 is 9.47 Å². The summed E-state index contributed by atoms with van der Waals surface area (Å²) >= 11 is 0. The van der Waals surface area contributed by atoms with Crippen molar-refractivity contribution in [2.24, 2.45) is 9.98 Å². The van der Waals surface area contributed by atoms with Crippen molar-refractivity contribution < 1.29 is 19.7 Å². The molecule has 0 amide bonds. The monoisotopic (exact) mass is 376 g/mol. The number of hydrogen-bond acceptors (Lipinski definition) is 6. The maximum Gasteiger partial charge on any atom is 0.148 e. The van der Waals surface area contributed by atoms with Crippen LogP contribution in [0, 0.1) is 24.7 Å². The molecule has 0 aliphatic heterocycles. The molecular weight excluding hydrogens is 356 g/mol.